The molecule has 1 rings (SSSR count). The van der Waals surface area contributed by atoms with Crippen LogP contribution in [0, 0.1) is 0 Å². The Kier molecular flexibility index (Phi) is 5.39. The Bertz CT molecular complexity index is 479. The van der Waals surface area contributed by atoms with E-state index in [9.17, 15) is 4.79 Å². The highest BCUT2D eigenvalue weighted by Gasteiger charge is 2.17. The zero-order valence-electron chi connectivity index (χ0n) is 11.4. The third-order valence-corrected chi connectivity index (χ3v) is 2.40. The van der Waals surface area contributed by atoms with Crippen molar-refractivity contribution in [2.24, 2.45) is 5.73 Å². The second kappa shape index (κ2) is 6.59. The lowest BCUT2D eigenvalue weighted by Gasteiger charge is -2.20. The van der Waals surface area contributed by atoms with Crippen LogP contribution >= 0.6 is 11.6 Å². The summed E-state index contributed by atoms with van der Waals surface area (Å²) in [4.78, 5) is 11.7. The first-order valence-electron chi connectivity index (χ1n) is 5.98. The Hall–Kier alpha value is -1.52. The molecule has 0 fully saturated rings. The average Bonchev–Trinajstić information content (AvgIpc) is 2.27. The molecule has 0 saturated carbocycles. The first-order chi connectivity index (χ1) is 8.81. The molecule has 0 radical (unpaired) electrons. The van der Waals surface area contributed by atoms with Crippen molar-refractivity contribution in [1.29, 1.82) is 0 Å². The van der Waals surface area contributed by atoms with Gasteiger partial charge in [0.1, 0.15) is 5.60 Å². The largest absolute Gasteiger partial charge is 0.444 e. The van der Waals surface area contributed by atoms with E-state index in [-0.39, 0.29) is 0 Å². The standard InChI is InChI=1S/C14H19ClN2O2/c1-14(2,3)19-13(18)17-12-9-10(5-4-8-16)6-7-11(12)15/h4-7,9H,8,16H2,1-3H3,(H,17,18)/b5-4+. The Morgan fingerprint density at radius 2 is 2.16 bits per heavy atom. The van der Waals surface area contributed by atoms with Crippen LogP contribution in [0.5, 0.6) is 0 Å². The van der Waals surface area contributed by atoms with Crippen LogP contribution in [0.2, 0.25) is 5.02 Å². The molecule has 3 N–H and O–H groups in total. The Morgan fingerprint density at radius 1 is 1.47 bits per heavy atom. The average molecular weight is 283 g/mol. The van der Waals surface area contributed by atoms with E-state index in [1.54, 1.807) is 32.9 Å². The third-order valence-electron chi connectivity index (χ3n) is 2.07. The minimum Gasteiger partial charge on any atom is -0.444 e. The fourth-order valence-corrected chi connectivity index (χ4v) is 1.52. The number of nitrogens with one attached hydrogen (secondary N) is 1. The summed E-state index contributed by atoms with van der Waals surface area (Å²) in [6.07, 6.45) is 3.14. The predicted octanol–water partition coefficient (Wildman–Crippen LogP) is 3.66. The van der Waals surface area contributed by atoms with Crippen molar-refractivity contribution in [3.8, 4) is 0 Å². The number of halogens is 1. The van der Waals surface area contributed by atoms with Crippen molar-refractivity contribution in [3.05, 3.63) is 34.9 Å². The summed E-state index contributed by atoms with van der Waals surface area (Å²) in [5, 5.41) is 3.08. The first-order valence-corrected chi connectivity index (χ1v) is 6.36. The minimum atomic E-state index is -0.548. The van der Waals surface area contributed by atoms with Gasteiger partial charge in [-0.2, -0.15) is 0 Å². The molecule has 4 nitrogen and oxygen atoms in total. The van der Waals surface area contributed by atoms with Gasteiger partial charge in [-0.15, -0.1) is 0 Å². The molecule has 19 heavy (non-hydrogen) atoms. The maximum Gasteiger partial charge on any atom is 0.412 e. The van der Waals surface area contributed by atoms with E-state index in [1.807, 2.05) is 18.2 Å². The maximum atomic E-state index is 11.7. The van der Waals surface area contributed by atoms with Crippen molar-refractivity contribution >= 4 is 29.5 Å². The quantitative estimate of drug-likeness (QED) is 0.889. The van der Waals surface area contributed by atoms with Crippen molar-refractivity contribution in [2.45, 2.75) is 26.4 Å². The highest BCUT2D eigenvalue weighted by molar-refractivity contribution is 6.33. The van der Waals surface area contributed by atoms with Gasteiger partial charge in [0, 0.05) is 6.54 Å². The van der Waals surface area contributed by atoms with Crippen LogP contribution in [0.25, 0.3) is 6.08 Å². The number of anilines is 1. The van der Waals surface area contributed by atoms with Gasteiger partial charge >= 0.3 is 6.09 Å². The summed E-state index contributed by atoms with van der Waals surface area (Å²) in [5.74, 6) is 0. The van der Waals surface area contributed by atoms with Gasteiger partial charge < -0.3 is 10.5 Å². The van der Waals surface area contributed by atoms with Crippen LogP contribution < -0.4 is 11.1 Å². The van der Waals surface area contributed by atoms with E-state index in [1.165, 1.54) is 0 Å². The van der Waals surface area contributed by atoms with Crippen molar-refractivity contribution in [2.75, 3.05) is 11.9 Å². The lowest BCUT2D eigenvalue weighted by molar-refractivity contribution is 0.0636. The third kappa shape index (κ3) is 5.77. The molecule has 1 aromatic rings. The Labute approximate surface area is 118 Å². The molecule has 0 atom stereocenters. The van der Waals surface area contributed by atoms with E-state index in [0.717, 1.165) is 5.56 Å². The van der Waals surface area contributed by atoms with Crippen LogP contribution in [-0.2, 0) is 4.74 Å². The van der Waals surface area contributed by atoms with Gasteiger partial charge in [-0.3, -0.25) is 5.32 Å². The first kappa shape index (κ1) is 15.5. The number of ether oxygens (including phenoxy) is 1. The number of carbonyl (C=O) groups is 1. The number of benzene rings is 1. The normalized spacial score (nSPS) is 11.6. The summed E-state index contributed by atoms with van der Waals surface area (Å²) in [7, 11) is 0. The van der Waals surface area contributed by atoms with Crippen molar-refractivity contribution in [1.82, 2.24) is 0 Å². The van der Waals surface area contributed by atoms with Crippen LogP contribution in [0.4, 0.5) is 10.5 Å². The highest BCUT2D eigenvalue weighted by atomic mass is 35.5. The fourth-order valence-electron chi connectivity index (χ4n) is 1.36. The SMILES string of the molecule is CC(C)(C)OC(=O)Nc1cc(/C=C/CN)ccc1Cl. The molecule has 5 heteroatoms. The van der Waals surface area contributed by atoms with Crippen molar-refractivity contribution < 1.29 is 9.53 Å². The molecule has 1 amide bonds. The lowest BCUT2D eigenvalue weighted by Crippen LogP contribution is -2.27. The molecule has 0 aliphatic rings. The van der Waals surface area contributed by atoms with E-state index < -0.39 is 11.7 Å². The van der Waals surface area contributed by atoms with Crippen LogP contribution in [0.1, 0.15) is 26.3 Å². The number of nitrogens with two attached hydrogens (primary N) is 1. The maximum absolute atomic E-state index is 11.7. The van der Waals surface area contributed by atoms with Gasteiger partial charge in [0.2, 0.25) is 0 Å². The van der Waals surface area contributed by atoms with Gasteiger partial charge in [-0.05, 0) is 38.5 Å². The number of hydrogen-bond donors (Lipinski definition) is 2. The van der Waals surface area contributed by atoms with Crippen LogP contribution in [0.3, 0.4) is 0 Å². The second-order valence-electron chi connectivity index (χ2n) is 5.00. The summed E-state index contributed by atoms with van der Waals surface area (Å²) < 4.78 is 5.17. The molecule has 104 valence electrons. The van der Waals surface area contributed by atoms with E-state index in [2.05, 4.69) is 5.32 Å². The molecule has 0 saturated heterocycles. The molecule has 0 aliphatic heterocycles. The number of carbonyl (C=O) groups excluding carboxylic acids is 1. The van der Waals surface area contributed by atoms with Gasteiger partial charge in [0.15, 0.2) is 0 Å². The molecule has 0 aliphatic carbocycles. The van der Waals surface area contributed by atoms with Crippen LogP contribution in [-0.4, -0.2) is 18.2 Å². The van der Waals surface area contributed by atoms with Crippen molar-refractivity contribution in [3.63, 3.8) is 0 Å². The Balaban J connectivity index is 2.82. The molecule has 0 bridgehead atoms. The van der Waals surface area contributed by atoms with Gasteiger partial charge in [0.25, 0.3) is 0 Å². The Morgan fingerprint density at radius 3 is 2.74 bits per heavy atom. The zero-order chi connectivity index (χ0) is 14.5. The molecule has 0 heterocycles. The number of amides is 1. The molecule has 0 spiro atoms. The summed E-state index contributed by atoms with van der Waals surface area (Å²) >= 11 is 6.03. The fraction of sp³-hybridized carbons (Fsp3) is 0.357. The smallest absolute Gasteiger partial charge is 0.412 e. The summed E-state index contributed by atoms with van der Waals surface area (Å²) in [5.41, 5.74) is 6.26. The highest BCUT2D eigenvalue weighted by Crippen LogP contribution is 2.24. The summed E-state index contributed by atoms with van der Waals surface area (Å²) in [6.45, 7) is 5.86. The van der Waals surface area contributed by atoms with Gasteiger partial charge in [0.05, 0.1) is 10.7 Å². The number of hydrogen-bond acceptors (Lipinski definition) is 3. The molecule has 0 aromatic heterocycles. The van der Waals surface area contributed by atoms with Gasteiger partial charge in [-0.1, -0.05) is 29.8 Å². The summed E-state index contributed by atoms with van der Waals surface area (Å²) in [6, 6.07) is 5.32. The zero-order valence-corrected chi connectivity index (χ0v) is 12.1. The van der Waals surface area contributed by atoms with Gasteiger partial charge in [-0.25, -0.2) is 4.79 Å². The second-order valence-corrected chi connectivity index (χ2v) is 5.41. The van der Waals surface area contributed by atoms with E-state index >= 15 is 0 Å². The lowest BCUT2D eigenvalue weighted by atomic mass is 10.2. The predicted molar refractivity (Wildman–Crippen MR) is 79.4 cm³/mol. The van der Waals surface area contributed by atoms with E-state index in [4.69, 9.17) is 22.1 Å². The molecular weight excluding hydrogens is 264 g/mol. The molecular formula is C14H19ClN2O2. The molecule has 0 unspecified atom stereocenters. The monoisotopic (exact) mass is 282 g/mol. The number of rotatable bonds is 3. The molecule has 1 aromatic carbocycles. The van der Waals surface area contributed by atoms with E-state index in [0.29, 0.717) is 17.3 Å². The van der Waals surface area contributed by atoms with Crippen LogP contribution in [0.15, 0.2) is 24.3 Å². The topological polar surface area (TPSA) is 64.3 Å². The minimum absolute atomic E-state index is 0.454.